The lowest BCUT2D eigenvalue weighted by Gasteiger charge is -2.28. The molecule has 2 N–H and O–H groups in total. The largest absolute Gasteiger partial charge is 0.450 e. The molecule has 0 aromatic rings. The van der Waals surface area contributed by atoms with E-state index in [9.17, 15) is 9.59 Å². The summed E-state index contributed by atoms with van der Waals surface area (Å²) in [7, 11) is 0. The minimum atomic E-state index is -0.629. The lowest BCUT2D eigenvalue weighted by molar-refractivity contribution is -0.134. The van der Waals surface area contributed by atoms with Crippen molar-refractivity contribution in [2.75, 3.05) is 26.3 Å². The van der Waals surface area contributed by atoms with Crippen molar-refractivity contribution in [2.24, 2.45) is 5.92 Å². The van der Waals surface area contributed by atoms with Crippen molar-refractivity contribution in [1.82, 2.24) is 10.2 Å². The van der Waals surface area contributed by atoms with Gasteiger partial charge in [0.1, 0.15) is 6.04 Å². The zero-order chi connectivity index (χ0) is 14.1. The van der Waals surface area contributed by atoms with E-state index in [1.54, 1.807) is 6.92 Å². The highest BCUT2D eigenvalue weighted by molar-refractivity contribution is 5.85. The molecule has 1 atom stereocenters. The van der Waals surface area contributed by atoms with Gasteiger partial charge in [-0.3, -0.25) is 4.79 Å². The van der Waals surface area contributed by atoms with Crippen LogP contribution in [0.25, 0.3) is 0 Å². The first-order valence-corrected chi connectivity index (χ1v) is 6.30. The van der Waals surface area contributed by atoms with Crippen molar-refractivity contribution in [3.05, 3.63) is 0 Å². The minimum Gasteiger partial charge on any atom is -0.450 e. The maximum absolute atomic E-state index is 12.2. The van der Waals surface area contributed by atoms with Crippen LogP contribution in [-0.2, 0) is 9.53 Å². The quantitative estimate of drug-likeness (QED) is 0.702. The molecule has 0 unspecified atom stereocenters. The van der Waals surface area contributed by atoms with E-state index in [4.69, 9.17) is 9.84 Å². The number of amides is 2. The van der Waals surface area contributed by atoms with E-state index in [1.807, 2.05) is 20.8 Å². The summed E-state index contributed by atoms with van der Waals surface area (Å²) in [6, 6.07) is -0.629. The predicted octanol–water partition coefficient (Wildman–Crippen LogP) is 0.598. The molecule has 0 saturated carbocycles. The monoisotopic (exact) mass is 260 g/mol. The predicted molar refractivity (Wildman–Crippen MR) is 68.1 cm³/mol. The van der Waals surface area contributed by atoms with Crippen LogP contribution in [0.15, 0.2) is 0 Å². The van der Waals surface area contributed by atoms with Crippen LogP contribution in [0.1, 0.15) is 27.7 Å². The highest BCUT2D eigenvalue weighted by atomic mass is 16.5. The standard InChI is InChI=1S/C12H24N2O4/c1-5-14(7-8-15)11(16)10(9(3)4)13-12(17)18-6-2/h9-10,15H,5-8H2,1-4H3,(H,13,17)/t10-/m1/s1. The lowest BCUT2D eigenvalue weighted by atomic mass is 10.0. The van der Waals surface area contributed by atoms with Gasteiger partial charge in [-0.2, -0.15) is 0 Å². The van der Waals surface area contributed by atoms with Crippen LogP contribution in [0.3, 0.4) is 0 Å². The first kappa shape index (κ1) is 16.7. The maximum atomic E-state index is 12.2. The Balaban J connectivity index is 4.66. The van der Waals surface area contributed by atoms with E-state index < -0.39 is 12.1 Å². The molecule has 6 nitrogen and oxygen atoms in total. The number of carbonyl (C=O) groups is 2. The molecule has 0 saturated heterocycles. The molecule has 0 fully saturated rings. The Morgan fingerprint density at radius 3 is 2.33 bits per heavy atom. The molecule has 0 aliphatic rings. The van der Waals surface area contributed by atoms with Gasteiger partial charge in [0.2, 0.25) is 5.91 Å². The Morgan fingerprint density at radius 2 is 1.94 bits per heavy atom. The number of hydrogen-bond donors (Lipinski definition) is 2. The number of aliphatic hydroxyl groups excluding tert-OH is 1. The summed E-state index contributed by atoms with van der Waals surface area (Å²) in [6.07, 6.45) is -0.593. The molecule has 0 heterocycles. The van der Waals surface area contributed by atoms with E-state index >= 15 is 0 Å². The van der Waals surface area contributed by atoms with Gasteiger partial charge in [-0.1, -0.05) is 13.8 Å². The first-order valence-electron chi connectivity index (χ1n) is 6.30. The Kier molecular flexibility index (Phi) is 8.11. The number of carbonyl (C=O) groups excluding carboxylic acids is 2. The number of rotatable bonds is 7. The second-order valence-electron chi connectivity index (χ2n) is 4.23. The summed E-state index contributed by atoms with van der Waals surface area (Å²) in [5.41, 5.74) is 0. The highest BCUT2D eigenvalue weighted by Gasteiger charge is 2.28. The lowest BCUT2D eigenvalue weighted by Crippen LogP contribution is -2.51. The van der Waals surface area contributed by atoms with Crippen LogP contribution in [0.2, 0.25) is 0 Å². The summed E-state index contributed by atoms with van der Waals surface area (Å²) < 4.78 is 4.78. The molecule has 6 heteroatoms. The van der Waals surface area contributed by atoms with Crippen molar-refractivity contribution < 1.29 is 19.4 Å². The third kappa shape index (κ3) is 5.35. The fraction of sp³-hybridized carbons (Fsp3) is 0.833. The van der Waals surface area contributed by atoms with Crippen LogP contribution < -0.4 is 5.32 Å². The topological polar surface area (TPSA) is 78.9 Å². The van der Waals surface area contributed by atoms with Crippen LogP contribution >= 0.6 is 0 Å². The fourth-order valence-electron chi connectivity index (χ4n) is 1.55. The number of aliphatic hydroxyl groups is 1. The van der Waals surface area contributed by atoms with E-state index in [0.717, 1.165) is 0 Å². The summed E-state index contributed by atoms with van der Waals surface area (Å²) in [5, 5.41) is 11.5. The zero-order valence-electron chi connectivity index (χ0n) is 11.6. The second kappa shape index (κ2) is 8.74. The van der Waals surface area contributed by atoms with Crippen molar-refractivity contribution in [1.29, 1.82) is 0 Å². The Hall–Kier alpha value is -1.30. The van der Waals surface area contributed by atoms with E-state index in [0.29, 0.717) is 6.54 Å². The number of likely N-dealkylation sites (N-methyl/N-ethyl adjacent to an activating group) is 1. The molecule has 0 aromatic heterocycles. The zero-order valence-corrected chi connectivity index (χ0v) is 11.6. The average molecular weight is 260 g/mol. The fourth-order valence-corrected chi connectivity index (χ4v) is 1.55. The number of hydrogen-bond acceptors (Lipinski definition) is 4. The molecular weight excluding hydrogens is 236 g/mol. The van der Waals surface area contributed by atoms with Gasteiger partial charge >= 0.3 is 6.09 Å². The molecule has 0 aliphatic carbocycles. The maximum Gasteiger partial charge on any atom is 0.407 e. The summed E-state index contributed by atoms with van der Waals surface area (Å²) in [4.78, 5) is 25.1. The van der Waals surface area contributed by atoms with Gasteiger partial charge in [0.05, 0.1) is 13.2 Å². The van der Waals surface area contributed by atoms with Gasteiger partial charge in [-0.05, 0) is 19.8 Å². The van der Waals surface area contributed by atoms with Crippen molar-refractivity contribution in [3.8, 4) is 0 Å². The van der Waals surface area contributed by atoms with Gasteiger partial charge in [0.25, 0.3) is 0 Å². The van der Waals surface area contributed by atoms with Gasteiger partial charge in [0, 0.05) is 13.1 Å². The molecule has 106 valence electrons. The highest BCUT2D eigenvalue weighted by Crippen LogP contribution is 2.06. The SMILES string of the molecule is CCOC(=O)N[C@@H](C(=O)N(CC)CCO)C(C)C. The van der Waals surface area contributed by atoms with Gasteiger partial charge < -0.3 is 20.1 Å². The number of nitrogens with zero attached hydrogens (tertiary/aromatic N) is 1. The summed E-state index contributed by atoms with van der Waals surface area (Å²) in [5.74, 6) is -0.246. The molecule has 2 amide bonds. The van der Waals surface area contributed by atoms with E-state index in [2.05, 4.69) is 5.32 Å². The molecular formula is C12H24N2O4. The van der Waals surface area contributed by atoms with Crippen LogP contribution in [0, 0.1) is 5.92 Å². The van der Waals surface area contributed by atoms with Gasteiger partial charge in [-0.15, -0.1) is 0 Å². The normalized spacial score (nSPS) is 12.1. The average Bonchev–Trinajstić information content (AvgIpc) is 2.32. The summed E-state index contributed by atoms with van der Waals surface area (Å²) >= 11 is 0. The number of ether oxygens (including phenoxy) is 1. The van der Waals surface area contributed by atoms with E-state index in [-0.39, 0.29) is 31.6 Å². The first-order chi connectivity index (χ1) is 8.47. The van der Waals surface area contributed by atoms with Gasteiger partial charge in [0.15, 0.2) is 0 Å². The van der Waals surface area contributed by atoms with Gasteiger partial charge in [-0.25, -0.2) is 4.79 Å². The molecule has 0 spiro atoms. The Labute approximate surface area is 108 Å². The van der Waals surface area contributed by atoms with Crippen molar-refractivity contribution in [3.63, 3.8) is 0 Å². The second-order valence-corrected chi connectivity index (χ2v) is 4.23. The third-order valence-electron chi connectivity index (χ3n) is 2.54. The number of alkyl carbamates (subject to hydrolysis) is 1. The third-order valence-corrected chi connectivity index (χ3v) is 2.54. The molecule has 0 aliphatic heterocycles. The van der Waals surface area contributed by atoms with Crippen molar-refractivity contribution >= 4 is 12.0 Å². The molecule has 0 radical (unpaired) electrons. The smallest absolute Gasteiger partial charge is 0.407 e. The minimum absolute atomic E-state index is 0.0466. The van der Waals surface area contributed by atoms with Crippen LogP contribution in [0.5, 0.6) is 0 Å². The molecule has 0 bridgehead atoms. The van der Waals surface area contributed by atoms with Crippen LogP contribution in [-0.4, -0.2) is 54.4 Å². The number of nitrogens with one attached hydrogen (secondary N) is 1. The molecule has 0 aromatic carbocycles. The Morgan fingerprint density at radius 1 is 1.33 bits per heavy atom. The molecule has 0 rings (SSSR count). The van der Waals surface area contributed by atoms with E-state index in [1.165, 1.54) is 4.90 Å². The molecule has 18 heavy (non-hydrogen) atoms. The van der Waals surface area contributed by atoms with Crippen LogP contribution in [0.4, 0.5) is 4.79 Å². The Bertz CT molecular complexity index is 269. The summed E-state index contributed by atoms with van der Waals surface area (Å²) in [6.45, 7) is 8.16. The van der Waals surface area contributed by atoms with Crippen molar-refractivity contribution in [2.45, 2.75) is 33.7 Å².